The molecule has 0 saturated carbocycles. The van der Waals surface area contributed by atoms with Gasteiger partial charge in [-0.05, 0) is 0 Å². The van der Waals surface area contributed by atoms with Crippen LogP contribution in [0.15, 0.2) is 4.99 Å². The number of carboxylic acids is 1. The summed E-state index contributed by atoms with van der Waals surface area (Å²) in [6.45, 7) is -0.0384. The first kappa shape index (κ1) is 11.7. The molecule has 7 nitrogen and oxygen atoms in total. The van der Waals surface area contributed by atoms with Gasteiger partial charge < -0.3 is 27.4 Å². The highest BCUT2D eigenvalue weighted by molar-refractivity contribution is 5.75. The topological polar surface area (TPSA) is 148 Å². The van der Waals surface area contributed by atoms with Crippen LogP contribution >= 0.6 is 0 Å². The molecule has 0 aromatic carbocycles. The third kappa shape index (κ3) is 5.88. The van der Waals surface area contributed by atoms with Crippen molar-refractivity contribution in [1.29, 1.82) is 0 Å². The predicted molar refractivity (Wildman–Crippen MR) is 46.9 cm³/mol. The van der Waals surface area contributed by atoms with E-state index in [1.165, 1.54) is 0 Å². The Labute approximate surface area is 75.2 Å². The second-order valence-corrected chi connectivity index (χ2v) is 2.60. The van der Waals surface area contributed by atoms with Crippen molar-refractivity contribution in [2.45, 2.75) is 18.6 Å². The first-order valence-electron chi connectivity index (χ1n) is 3.65. The van der Waals surface area contributed by atoms with Gasteiger partial charge in [0.15, 0.2) is 5.96 Å². The highest BCUT2D eigenvalue weighted by Gasteiger charge is 2.16. The maximum absolute atomic E-state index is 10.3. The SMILES string of the molecule is NC(N)=NC[C@@H](O)C[C@@H](N)C(=O)O. The summed E-state index contributed by atoms with van der Waals surface area (Å²) < 4.78 is 0. The molecule has 0 saturated heterocycles. The van der Waals surface area contributed by atoms with Crippen LogP contribution in [0, 0.1) is 0 Å². The average Bonchev–Trinajstić information content (AvgIpc) is 2.00. The number of guanidine groups is 1. The second kappa shape index (κ2) is 5.33. The molecule has 0 bridgehead atoms. The number of aliphatic hydroxyl groups excluding tert-OH is 1. The minimum atomic E-state index is -1.16. The lowest BCUT2D eigenvalue weighted by molar-refractivity contribution is -0.139. The van der Waals surface area contributed by atoms with Gasteiger partial charge in [-0.1, -0.05) is 0 Å². The van der Waals surface area contributed by atoms with E-state index in [-0.39, 0.29) is 18.9 Å². The van der Waals surface area contributed by atoms with Gasteiger partial charge in [0.1, 0.15) is 6.04 Å². The molecule has 0 aliphatic rings. The standard InChI is InChI=1S/C6H14N4O3/c7-4(5(12)13)1-3(11)2-10-6(8)9/h3-4,11H,1-2,7H2,(H,12,13)(H4,8,9,10)/t3-,4+/m0/s1. The number of hydrogen-bond acceptors (Lipinski definition) is 4. The van der Waals surface area contributed by atoms with Crippen molar-refractivity contribution in [3.63, 3.8) is 0 Å². The molecule has 0 rings (SSSR count). The molecule has 0 spiro atoms. The summed E-state index contributed by atoms with van der Waals surface area (Å²) in [5.74, 6) is -1.31. The first-order valence-corrected chi connectivity index (χ1v) is 3.65. The molecule has 0 aliphatic carbocycles. The van der Waals surface area contributed by atoms with Gasteiger partial charge in [-0.3, -0.25) is 9.79 Å². The Hall–Kier alpha value is -1.34. The molecule has 0 radical (unpaired) electrons. The summed E-state index contributed by atoms with van der Waals surface area (Å²) in [5.41, 5.74) is 15.2. The normalized spacial score (nSPS) is 14.6. The Morgan fingerprint density at radius 3 is 2.38 bits per heavy atom. The molecule has 0 amide bonds. The first-order chi connectivity index (χ1) is 5.93. The quantitative estimate of drug-likeness (QED) is 0.237. The summed E-state index contributed by atoms with van der Waals surface area (Å²) in [4.78, 5) is 13.8. The van der Waals surface area contributed by atoms with E-state index in [1.54, 1.807) is 0 Å². The average molecular weight is 190 g/mol. The van der Waals surface area contributed by atoms with E-state index in [1.807, 2.05) is 0 Å². The Morgan fingerprint density at radius 1 is 1.46 bits per heavy atom. The maximum atomic E-state index is 10.3. The van der Waals surface area contributed by atoms with Crippen LogP contribution in [-0.4, -0.2) is 40.8 Å². The Balaban J connectivity index is 3.80. The third-order valence-electron chi connectivity index (χ3n) is 1.33. The molecule has 7 heteroatoms. The van der Waals surface area contributed by atoms with Crippen molar-refractivity contribution in [3.05, 3.63) is 0 Å². The van der Waals surface area contributed by atoms with Crippen molar-refractivity contribution in [3.8, 4) is 0 Å². The summed E-state index contributed by atoms with van der Waals surface area (Å²) in [6, 6.07) is -1.09. The summed E-state index contributed by atoms with van der Waals surface area (Å²) in [6.07, 6.45) is -1.01. The van der Waals surface area contributed by atoms with E-state index < -0.39 is 18.1 Å². The fraction of sp³-hybridized carbons (Fsp3) is 0.667. The van der Waals surface area contributed by atoms with Crippen molar-refractivity contribution in [2.75, 3.05) is 6.54 Å². The van der Waals surface area contributed by atoms with Gasteiger partial charge in [-0.15, -0.1) is 0 Å². The van der Waals surface area contributed by atoms with E-state index in [0.717, 1.165) is 0 Å². The zero-order valence-electron chi connectivity index (χ0n) is 7.05. The van der Waals surface area contributed by atoms with Crippen LogP contribution in [0.4, 0.5) is 0 Å². The molecule has 0 unspecified atom stereocenters. The predicted octanol–water partition coefficient (Wildman–Crippen LogP) is -2.58. The minimum Gasteiger partial charge on any atom is -0.480 e. The number of hydrogen-bond donors (Lipinski definition) is 5. The highest BCUT2D eigenvalue weighted by Crippen LogP contribution is 1.96. The molecule has 0 heterocycles. The summed E-state index contributed by atoms with van der Waals surface area (Å²) in [5, 5.41) is 17.5. The van der Waals surface area contributed by atoms with Gasteiger partial charge >= 0.3 is 5.97 Å². The zero-order valence-corrected chi connectivity index (χ0v) is 7.05. The van der Waals surface area contributed by atoms with Crippen LogP contribution in [0.5, 0.6) is 0 Å². The van der Waals surface area contributed by atoms with E-state index in [4.69, 9.17) is 27.4 Å². The van der Waals surface area contributed by atoms with E-state index >= 15 is 0 Å². The van der Waals surface area contributed by atoms with Gasteiger partial charge in [0.05, 0.1) is 12.6 Å². The minimum absolute atomic E-state index is 0.0384. The number of aliphatic hydroxyl groups is 1. The van der Waals surface area contributed by atoms with Crippen molar-refractivity contribution < 1.29 is 15.0 Å². The fourth-order valence-electron chi connectivity index (χ4n) is 0.679. The number of carbonyl (C=O) groups is 1. The third-order valence-corrected chi connectivity index (χ3v) is 1.33. The molecule has 76 valence electrons. The van der Waals surface area contributed by atoms with E-state index in [0.29, 0.717) is 0 Å². The maximum Gasteiger partial charge on any atom is 0.320 e. The van der Waals surface area contributed by atoms with Gasteiger partial charge in [-0.2, -0.15) is 0 Å². The summed E-state index contributed by atoms with van der Waals surface area (Å²) in [7, 11) is 0. The van der Waals surface area contributed by atoms with Gasteiger partial charge in [0, 0.05) is 6.42 Å². The highest BCUT2D eigenvalue weighted by atomic mass is 16.4. The van der Waals surface area contributed by atoms with Crippen molar-refractivity contribution in [2.24, 2.45) is 22.2 Å². The molecule has 0 aromatic heterocycles. The number of aliphatic imine (C=N–C) groups is 1. The molecule has 13 heavy (non-hydrogen) atoms. The molecule has 8 N–H and O–H groups in total. The van der Waals surface area contributed by atoms with E-state index in [9.17, 15) is 4.79 Å². The fourth-order valence-corrected chi connectivity index (χ4v) is 0.679. The lowest BCUT2D eigenvalue weighted by Crippen LogP contribution is -2.35. The molecule has 2 atom stereocenters. The van der Waals surface area contributed by atoms with Crippen LogP contribution in [-0.2, 0) is 4.79 Å². The Bertz CT molecular complexity index is 202. The number of rotatable bonds is 5. The van der Waals surface area contributed by atoms with Crippen LogP contribution in [0.3, 0.4) is 0 Å². The Kier molecular flexibility index (Phi) is 4.78. The molecule has 0 aliphatic heterocycles. The zero-order chi connectivity index (χ0) is 10.4. The molecule has 0 fully saturated rings. The van der Waals surface area contributed by atoms with Crippen molar-refractivity contribution in [1.82, 2.24) is 0 Å². The lowest BCUT2D eigenvalue weighted by atomic mass is 10.1. The van der Waals surface area contributed by atoms with Crippen LogP contribution < -0.4 is 17.2 Å². The Morgan fingerprint density at radius 2 is 2.00 bits per heavy atom. The monoisotopic (exact) mass is 190 g/mol. The number of nitrogens with two attached hydrogens (primary N) is 3. The molecular formula is C6H14N4O3. The lowest BCUT2D eigenvalue weighted by Gasteiger charge is -2.10. The molecular weight excluding hydrogens is 176 g/mol. The van der Waals surface area contributed by atoms with Gasteiger partial charge in [-0.25, -0.2) is 0 Å². The summed E-state index contributed by atoms with van der Waals surface area (Å²) >= 11 is 0. The van der Waals surface area contributed by atoms with Crippen molar-refractivity contribution >= 4 is 11.9 Å². The van der Waals surface area contributed by atoms with Gasteiger partial charge in [0.25, 0.3) is 0 Å². The molecule has 0 aromatic rings. The number of nitrogens with zero attached hydrogens (tertiary/aromatic N) is 1. The smallest absolute Gasteiger partial charge is 0.320 e. The van der Waals surface area contributed by atoms with Gasteiger partial charge in [0.2, 0.25) is 0 Å². The van der Waals surface area contributed by atoms with Crippen LogP contribution in [0.25, 0.3) is 0 Å². The van der Waals surface area contributed by atoms with E-state index in [2.05, 4.69) is 4.99 Å². The number of carboxylic acid groups (broad SMARTS) is 1. The number of aliphatic carboxylic acids is 1. The van der Waals surface area contributed by atoms with Crippen LogP contribution in [0.1, 0.15) is 6.42 Å². The second-order valence-electron chi connectivity index (χ2n) is 2.60. The van der Waals surface area contributed by atoms with Crippen LogP contribution in [0.2, 0.25) is 0 Å². The largest absolute Gasteiger partial charge is 0.480 e.